The third kappa shape index (κ3) is 4.61. The monoisotopic (exact) mass is 470 g/mol. The maximum absolute atomic E-state index is 13.1. The number of carbonyl (C=O) groups excluding carboxylic acids is 2. The van der Waals surface area contributed by atoms with Gasteiger partial charge >= 0.3 is 5.97 Å². The van der Waals surface area contributed by atoms with Crippen molar-refractivity contribution in [2.75, 3.05) is 11.5 Å². The van der Waals surface area contributed by atoms with Gasteiger partial charge in [0.25, 0.3) is 5.91 Å². The van der Waals surface area contributed by atoms with Crippen molar-refractivity contribution in [1.29, 1.82) is 0 Å². The van der Waals surface area contributed by atoms with Gasteiger partial charge in [0.1, 0.15) is 0 Å². The number of rotatable bonds is 6. The molecule has 1 aromatic heterocycles. The van der Waals surface area contributed by atoms with Gasteiger partial charge in [-0.25, -0.2) is 4.98 Å². The number of anilines is 2. The van der Waals surface area contributed by atoms with Crippen LogP contribution in [0.2, 0.25) is 0 Å². The average molecular weight is 471 g/mol. The van der Waals surface area contributed by atoms with Crippen LogP contribution < -0.4 is 4.90 Å². The maximum Gasteiger partial charge on any atom is 0.306 e. The fourth-order valence-electron chi connectivity index (χ4n) is 3.74. The fraction of sp³-hybridized carbons (Fsp3) is 0.148. The molecule has 2 heterocycles. The summed E-state index contributed by atoms with van der Waals surface area (Å²) in [5, 5.41) is 0. The van der Waals surface area contributed by atoms with E-state index in [1.54, 1.807) is 22.9 Å². The molecule has 0 N–H and O–H groups in total. The second kappa shape index (κ2) is 9.57. The molecule has 0 aliphatic carbocycles. The SMILES string of the molecule is Cc1ccc(-c2cnc(CCC(=O)OCC(=O)N3c4ccccc4Sc4ccccc43)o2)cc1. The molecule has 0 saturated carbocycles. The van der Waals surface area contributed by atoms with E-state index in [0.717, 1.165) is 32.3 Å². The first kappa shape index (κ1) is 22.0. The van der Waals surface area contributed by atoms with Crippen LogP contribution >= 0.6 is 11.8 Å². The first-order valence-corrected chi connectivity index (χ1v) is 11.8. The van der Waals surface area contributed by atoms with Crippen LogP contribution in [0.25, 0.3) is 11.3 Å². The molecule has 1 aliphatic heterocycles. The summed E-state index contributed by atoms with van der Waals surface area (Å²) in [6.45, 7) is 1.68. The number of para-hydroxylation sites is 2. The summed E-state index contributed by atoms with van der Waals surface area (Å²) < 4.78 is 11.1. The summed E-state index contributed by atoms with van der Waals surface area (Å²) in [5.41, 5.74) is 3.67. The molecule has 0 bridgehead atoms. The summed E-state index contributed by atoms with van der Waals surface area (Å²) in [6, 6.07) is 23.3. The molecular formula is C27H22N2O4S. The summed E-state index contributed by atoms with van der Waals surface area (Å²) in [7, 11) is 0. The molecular weight excluding hydrogens is 448 g/mol. The summed E-state index contributed by atoms with van der Waals surface area (Å²) in [4.78, 5) is 33.3. The highest BCUT2D eigenvalue weighted by molar-refractivity contribution is 7.99. The molecule has 7 heteroatoms. The molecule has 1 amide bonds. The van der Waals surface area contributed by atoms with Gasteiger partial charge in [0.15, 0.2) is 18.3 Å². The smallest absolute Gasteiger partial charge is 0.306 e. The van der Waals surface area contributed by atoms with Crippen LogP contribution in [0.4, 0.5) is 11.4 Å². The standard InChI is InChI=1S/C27H22N2O4S/c1-18-10-12-19(13-11-18)22-16-28-25(33-22)14-15-27(31)32-17-26(30)29-20-6-2-4-8-23(20)34-24-9-5-3-7-21(24)29/h2-13,16H,14-15,17H2,1H3. The lowest BCUT2D eigenvalue weighted by Gasteiger charge is -2.30. The van der Waals surface area contributed by atoms with Crippen molar-refractivity contribution in [3.63, 3.8) is 0 Å². The van der Waals surface area contributed by atoms with E-state index in [0.29, 0.717) is 18.1 Å². The third-order valence-electron chi connectivity index (χ3n) is 5.47. The van der Waals surface area contributed by atoms with Crippen molar-refractivity contribution >= 4 is 35.0 Å². The van der Waals surface area contributed by atoms with E-state index in [4.69, 9.17) is 9.15 Å². The van der Waals surface area contributed by atoms with Gasteiger partial charge in [-0.05, 0) is 31.2 Å². The van der Waals surface area contributed by atoms with Crippen LogP contribution in [-0.2, 0) is 20.7 Å². The van der Waals surface area contributed by atoms with E-state index in [1.807, 2.05) is 79.7 Å². The molecule has 4 aromatic rings. The predicted octanol–water partition coefficient (Wildman–Crippen LogP) is 5.96. The van der Waals surface area contributed by atoms with Crippen molar-refractivity contribution in [3.8, 4) is 11.3 Å². The lowest BCUT2D eigenvalue weighted by molar-refractivity contribution is -0.147. The number of esters is 1. The number of carbonyl (C=O) groups is 2. The third-order valence-corrected chi connectivity index (χ3v) is 6.60. The number of ether oxygens (including phenoxy) is 1. The Morgan fingerprint density at radius 2 is 1.59 bits per heavy atom. The first-order chi connectivity index (χ1) is 16.6. The van der Waals surface area contributed by atoms with Crippen LogP contribution in [0.15, 0.2) is 93.2 Å². The lowest BCUT2D eigenvalue weighted by atomic mass is 10.1. The quantitative estimate of drug-likeness (QED) is 0.324. The normalized spacial score (nSPS) is 12.1. The molecule has 1 aliphatic rings. The Labute approximate surface area is 201 Å². The van der Waals surface area contributed by atoms with Crippen molar-refractivity contribution in [2.24, 2.45) is 0 Å². The minimum Gasteiger partial charge on any atom is -0.456 e. The second-order valence-electron chi connectivity index (χ2n) is 7.91. The number of nitrogens with zero attached hydrogens (tertiary/aromatic N) is 2. The Bertz CT molecular complexity index is 1300. The highest BCUT2D eigenvalue weighted by Crippen LogP contribution is 2.47. The fourth-order valence-corrected chi connectivity index (χ4v) is 4.80. The van der Waals surface area contributed by atoms with Crippen molar-refractivity contribution < 1.29 is 18.7 Å². The van der Waals surface area contributed by atoms with Gasteiger partial charge in [-0.1, -0.05) is 65.9 Å². The molecule has 3 aromatic carbocycles. The lowest BCUT2D eigenvalue weighted by Crippen LogP contribution is -2.32. The zero-order valence-corrected chi connectivity index (χ0v) is 19.4. The first-order valence-electron chi connectivity index (χ1n) is 10.9. The molecule has 0 fully saturated rings. The number of fused-ring (bicyclic) bond motifs is 2. The van der Waals surface area contributed by atoms with E-state index in [-0.39, 0.29) is 18.9 Å². The minimum absolute atomic E-state index is 0.0736. The van der Waals surface area contributed by atoms with Gasteiger partial charge in [0, 0.05) is 21.8 Å². The Morgan fingerprint density at radius 1 is 0.941 bits per heavy atom. The molecule has 6 nitrogen and oxygen atoms in total. The zero-order chi connectivity index (χ0) is 23.5. The maximum atomic E-state index is 13.1. The Hall–Kier alpha value is -3.84. The number of hydrogen-bond acceptors (Lipinski definition) is 6. The Balaban J connectivity index is 1.20. The van der Waals surface area contributed by atoms with Gasteiger partial charge in [0.05, 0.1) is 24.0 Å². The van der Waals surface area contributed by atoms with Crippen LogP contribution in [0, 0.1) is 6.92 Å². The topological polar surface area (TPSA) is 72.6 Å². The Morgan fingerprint density at radius 3 is 2.26 bits per heavy atom. The van der Waals surface area contributed by atoms with Crippen LogP contribution in [0.1, 0.15) is 17.9 Å². The van der Waals surface area contributed by atoms with Gasteiger partial charge in [-0.2, -0.15) is 0 Å². The largest absolute Gasteiger partial charge is 0.456 e. The van der Waals surface area contributed by atoms with Crippen molar-refractivity contribution in [3.05, 3.63) is 90.4 Å². The van der Waals surface area contributed by atoms with Crippen molar-refractivity contribution in [2.45, 2.75) is 29.6 Å². The van der Waals surface area contributed by atoms with E-state index < -0.39 is 5.97 Å². The van der Waals surface area contributed by atoms with Crippen molar-refractivity contribution in [1.82, 2.24) is 4.98 Å². The number of aryl methyl sites for hydroxylation is 2. The molecule has 170 valence electrons. The van der Waals surface area contributed by atoms with E-state index in [1.165, 1.54) is 0 Å². The Kier molecular flexibility index (Phi) is 6.18. The molecule has 0 radical (unpaired) electrons. The predicted molar refractivity (Wildman–Crippen MR) is 130 cm³/mol. The molecule has 0 atom stereocenters. The summed E-state index contributed by atoms with van der Waals surface area (Å²) in [6.07, 6.45) is 2.02. The van der Waals surface area contributed by atoms with Gasteiger partial charge in [-0.3, -0.25) is 14.5 Å². The highest BCUT2D eigenvalue weighted by Gasteiger charge is 2.28. The van der Waals surface area contributed by atoms with Gasteiger partial charge in [-0.15, -0.1) is 0 Å². The van der Waals surface area contributed by atoms with Crippen LogP contribution in [0.3, 0.4) is 0 Å². The molecule has 0 saturated heterocycles. The number of benzene rings is 3. The van der Waals surface area contributed by atoms with E-state index in [9.17, 15) is 9.59 Å². The van der Waals surface area contributed by atoms with Gasteiger partial charge < -0.3 is 9.15 Å². The minimum atomic E-state index is -0.476. The molecule has 0 unspecified atom stereocenters. The second-order valence-corrected chi connectivity index (χ2v) is 9.00. The van der Waals surface area contributed by atoms with Crippen LogP contribution in [-0.4, -0.2) is 23.5 Å². The van der Waals surface area contributed by atoms with Crippen LogP contribution in [0.5, 0.6) is 0 Å². The average Bonchev–Trinajstić information content (AvgIpc) is 3.34. The highest BCUT2D eigenvalue weighted by atomic mass is 32.2. The summed E-state index contributed by atoms with van der Waals surface area (Å²) in [5.74, 6) is 0.330. The molecule has 0 spiro atoms. The number of aromatic nitrogens is 1. The van der Waals surface area contributed by atoms with E-state index in [2.05, 4.69) is 4.98 Å². The molecule has 34 heavy (non-hydrogen) atoms. The number of amides is 1. The number of oxazole rings is 1. The zero-order valence-electron chi connectivity index (χ0n) is 18.6. The number of hydrogen-bond donors (Lipinski definition) is 0. The molecule has 5 rings (SSSR count). The van der Waals surface area contributed by atoms with E-state index >= 15 is 0 Å². The van der Waals surface area contributed by atoms with Gasteiger partial charge in [0.2, 0.25) is 0 Å². The summed E-state index contributed by atoms with van der Waals surface area (Å²) >= 11 is 1.62.